The molecule has 0 saturated carbocycles. The number of aromatic nitrogens is 2. The van der Waals surface area contributed by atoms with Crippen LogP contribution < -0.4 is 0 Å². The minimum Gasteiger partial charge on any atom is -0.339 e. The fraction of sp³-hybridized carbons (Fsp3) is 0. The van der Waals surface area contributed by atoms with E-state index in [1.165, 1.54) is 0 Å². The molecule has 11 nitrogen and oxygen atoms in total. The van der Waals surface area contributed by atoms with Crippen LogP contribution in [0.1, 0.15) is 0 Å². The van der Waals surface area contributed by atoms with Gasteiger partial charge in [-0.2, -0.15) is 0 Å². The number of nitro benzene ring substituents is 2. The summed E-state index contributed by atoms with van der Waals surface area (Å²) in [6.07, 6.45) is 0.937. The van der Waals surface area contributed by atoms with Crippen LogP contribution in [0.3, 0.4) is 0 Å². The van der Waals surface area contributed by atoms with Gasteiger partial charge < -0.3 is 10.1 Å². The monoisotopic (exact) mass is 253 g/mol. The molecule has 0 amide bonds. The predicted molar refractivity (Wildman–Crippen MR) is 55.4 cm³/mol. The lowest BCUT2D eigenvalue weighted by Gasteiger charge is -1.92. The number of fused-ring (bicyclic) bond motifs is 1. The zero-order chi connectivity index (χ0) is 13.4. The highest BCUT2D eigenvalue weighted by molar-refractivity contribution is 5.84. The molecular formula is C7H3N5O6. The van der Waals surface area contributed by atoms with Gasteiger partial charge in [-0.3, -0.25) is 20.2 Å². The average Bonchev–Trinajstić information content (AvgIpc) is 2.69. The number of hydrogen-bond donors (Lipinski definition) is 0. The normalized spacial score (nSPS) is 10.4. The Hall–Kier alpha value is -3.11. The molecule has 1 aromatic heterocycles. The zero-order valence-electron chi connectivity index (χ0n) is 8.42. The second-order valence-electron chi connectivity index (χ2n) is 3.20. The standard InChI is InChI=1S/C7H3N5O6/c13-10(14)6-1-4-3-9(12(17)18)8-5(4)2-7(6)11(15)16/h1-3H. The summed E-state index contributed by atoms with van der Waals surface area (Å²) in [4.78, 5) is 30.2. The lowest BCUT2D eigenvalue weighted by molar-refractivity contribution is -0.552. The van der Waals surface area contributed by atoms with E-state index in [0.29, 0.717) is 4.79 Å². The van der Waals surface area contributed by atoms with Gasteiger partial charge >= 0.3 is 11.4 Å². The van der Waals surface area contributed by atoms with E-state index in [2.05, 4.69) is 5.10 Å². The van der Waals surface area contributed by atoms with E-state index in [1.54, 1.807) is 0 Å². The highest BCUT2D eigenvalue weighted by Gasteiger charge is 2.28. The molecule has 0 atom stereocenters. The first kappa shape index (κ1) is 11.4. The Bertz CT molecular complexity index is 640. The second kappa shape index (κ2) is 3.73. The van der Waals surface area contributed by atoms with E-state index >= 15 is 0 Å². The average molecular weight is 253 g/mol. The third-order valence-corrected chi connectivity index (χ3v) is 2.15. The predicted octanol–water partition coefficient (Wildman–Crippen LogP) is 0.892. The molecule has 0 radical (unpaired) electrons. The number of rotatable bonds is 3. The van der Waals surface area contributed by atoms with Crippen LogP contribution >= 0.6 is 0 Å². The number of hydrogen-bond acceptors (Lipinski definition) is 7. The highest BCUT2D eigenvalue weighted by Crippen LogP contribution is 2.31. The van der Waals surface area contributed by atoms with Gasteiger partial charge in [0.2, 0.25) is 5.52 Å². The highest BCUT2D eigenvalue weighted by atomic mass is 16.7. The molecule has 0 unspecified atom stereocenters. The van der Waals surface area contributed by atoms with Crippen LogP contribution in [0.4, 0.5) is 11.4 Å². The number of nitro groups is 3. The molecule has 0 fully saturated rings. The van der Waals surface area contributed by atoms with Gasteiger partial charge in [-0.25, -0.2) is 0 Å². The van der Waals surface area contributed by atoms with Crippen molar-refractivity contribution in [2.24, 2.45) is 0 Å². The maximum absolute atomic E-state index is 10.7. The molecule has 0 spiro atoms. The molecule has 0 bridgehead atoms. The molecule has 0 N–H and O–H groups in total. The van der Waals surface area contributed by atoms with Gasteiger partial charge in [0, 0.05) is 10.9 Å². The van der Waals surface area contributed by atoms with Crippen LogP contribution in [0.15, 0.2) is 18.3 Å². The fourth-order valence-electron chi connectivity index (χ4n) is 1.41. The molecule has 0 aliphatic heterocycles. The summed E-state index contributed by atoms with van der Waals surface area (Å²) in [6.45, 7) is 0. The lowest BCUT2D eigenvalue weighted by Crippen LogP contribution is -2.07. The van der Waals surface area contributed by atoms with E-state index < -0.39 is 26.3 Å². The van der Waals surface area contributed by atoms with Crippen LogP contribution in [0, 0.1) is 30.3 Å². The van der Waals surface area contributed by atoms with Crippen LogP contribution in [-0.2, 0) is 0 Å². The Morgan fingerprint density at radius 1 is 1.00 bits per heavy atom. The Labute approximate surface area is 96.6 Å². The SMILES string of the molecule is O=[N+]([O-])c1cc2cn([N+](=O)[O-])nc2cc1[N+](=O)[O-]. The van der Waals surface area contributed by atoms with Crippen LogP contribution in [0.2, 0.25) is 0 Å². The van der Waals surface area contributed by atoms with Crippen molar-refractivity contribution in [1.29, 1.82) is 0 Å². The Balaban J connectivity index is 2.76. The first-order chi connectivity index (χ1) is 8.40. The van der Waals surface area contributed by atoms with Crippen molar-refractivity contribution < 1.29 is 14.9 Å². The van der Waals surface area contributed by atoms with E-state index in [1.807, 2.05) is 0 Å². The topological polar surface area (TPSA) is 147 Å². The van der Waals surface area contributed by atoms with Crippen molar-refractivity contribution >= 4 is 22.3 Å². The van der Waals surface area contributed by atoms with Gasteiger partial charge in [0.25, 0.3) is 0 Å². The molecule has 2 aromatic rings. The molecule has 0 saturated heterocycles. The summed E-state index contributed by atoms with van der Waals surface area (Å²) in [5.74, 6) is 0. The maximum Gasteiger partial charge on any atom is 0.350 e. The molecule has 11 heteroatoms. The van der Waals surface area contributed by atoms with Gasteiger partial charge in [-0.05, 0) is 0 Å². The van der Waals surface area contributed by atoms with Crippen molar-refractivity contribution in [2.75, 3.05) is 0 Å². The summed E-state index contributed by atoms with van der Waals surface area (Å²) in [6, 6.07) is 1.70. The Kier molecular flexibility index (Phi) is 2.35. The summed E-state index contributed by atoms with van der Waals surface area (Å²) >= 11 is 0. The van der Waals surface area contributed by atoms with E-state index in [0.717, 1.165) is 18.3 Å². The first-order valence-corrected chi connectivity index (χ1v) is 4.37. The molecule has 1 heterocycles. The quantitative estimate of drug-likeness (QED) is 0.582. The molecular weight excluding hydrogens is 250 g/mol. The van der Waals surface area contributed by atoms with E-state index in [4.69, 9.17) is 0 Å². The third kappa shape index (κ3) is 1.68. The maximum atomic E-state index is 10.7. The van der Waals surface area contributed by atoms with Gasteiger partial charge in [-0.15, -0.1) is 0 Å². The minimum atomic E-state index is -0.942. The van der Waals surface area contributed by atoms with Gasteiger partial charge in [0.15, 0.2) is 0 Å². The van der Waals surface area contributed by atoms with Crippen molar-refractivity contribution in [3.63, 3.8) is 0 Å². The third-order valence-electron chi connectivity index (χ3n) is 2.15. The molecule has 0 aliphatic rings. The van der Waals surface area contributed by atoms with Crippen molar-refractivity contribution in [3.05, 3.63) is 48.7 Å². The van der Waals surface area contributed by atoms with E-state index in [-0.39, 0.29) is 10.9 Å². The van der Waals surface area contributed by atoms with Crippen molar-refractivity contribution in [2.45, 2.75) is 0 Å². The summed E-state index contributed by atoms with van der Waals surface area (Å²) in [5.41, 5.74) is -1.57. The first-order valence-electron chi connectivity index (χ1n) is 4.37. The van der Waals surface area contributed by atoms with Crippen molar-refractivity contribution in [3.8, 4) is 0 Å². The Morgan fingerprint density at radius 3 is 2.06 bits per heavy atom. The lowest BCUT2D eigenvalue weighted by atomic mass is 10.2. The summed E-state index contributed by atoms with van der Waals surface area (Å²) in [5, 5.41) is 34.4. The second-order valence-corrected chi connectivity index (χ2v) is 3.20. The Morgan fingerprint density at radius 2 is 1.56 bits per heavy atom. The minimum absolute atomic E-state index is 0.0657. The van der Waals surface area contributed by atoms with Crippen molar-refractivity contribution in [1.82, 2.24) is 9.89 Å². The molecule has 1 aromatic carbocycles. The smallest absolute Gasteiger partial charge is 0.339 e. The molecule has 18 heavy (non-hydrogen) atoms. The molecule has 92 valence electrons. The largest absolute Gasteiger partial charge is 0.350 e. The molecule has 0 aliphatic carbocycles. The summed E-state index contributed by atoms with van der Waals surface area (Å²) in [7, 11) is 0. The van der Waals surface area contributed by atoms with Gasteiger partial charge in [0.05, 0.1) is 31.4 Å². The number of nitrogens with zero attached hydrogens (tertiary/aromatic N) is 5. The van der Waals surface area contributed by atoms with Gasteiger partial charge in [-0.1, -0.05) is 0 Å². The van der Waals surface area contributed by atoms with E-state index in [9.17, 15) is 30.3 Å². The van der Waals surface area contributed by atoms with Gasteiger partial charge in [0.1, 0.15) is 6.20 Å². The molecule has 2 rings (SSSR count). The van der Waals surface area contributed by atoms with Crippen LogP contribution in [0.5, 0.6) is 0 Å². The van der Waals surface area contributed by atoms with Crippen LogP contribution in [-0.4, -0.2) is 24.8 Å². The van der Waals surface area contributed by atoms with Crippen LogP contribution in [0.25, 0.3) is 10.9 Å². The summed E-state index contributed by atoms with van der Waals surface area (Å²) < 4.78 is 0. The number of benzene rings is 1. The zero-order valence-corrected chi connectivity index (χ0v) is 8.42. The fourth-order valence-corrected chi connectivity index (χ4v) is 1.41.